The fraction of sp³-hybridized carbons (Fsp3) is 0.290. The number of fused-ring (bicyclic) bond motifs is 1. The topological polar surface area (TPSA) is 71.8 Å². The van der Waals surface area contributed by atoms with Crippen LogP contribution in [0.15, 0.2) is 66.7 Å². The first-order chi connectivity index (χ1) is 17.4. The van der Waals surface area contributed by atoms with Gasteiger partial charge in [-0.25, -0.2) is 4.79 Å². The van der Waals surface area contributed by atoms with E-state index in [1.54, 1.807) is 11.6 Å². The van der Waals surface area contributed by atoms with E-state index < -0.39 is 5.97 Å². The van der Waals surface area contributed by atoms with Crippen LogP contribution in [0.5, 0.6) is 5.75 Å². The second kappa shape index (κ2) is 9.77. The molecule has 0 aliphatic rings. The van der Waals surface area contributed by atoms with Crippen LogP contribution in [-0.4, -0.2) is 34.7 Å². The van der Waals surface area contributed by atoms with Crippen LogP contribution < -0.4 is 9.64 Å². The normalized spacial score (nSPS) is 11.7. The van der Waals surface area contributed by atoms with Crippen molar-refractivity contribution < 1.29 is 19.4 Å². The van der Waals surface area contributed by atoms with Crippen LogP contribution in [0, 0.1) is 0 Å². The van der Waals surface area contributed by atoms with Gasteiger partial charge in [-0.3, -0.25) is 4.79 Å². The molecule has 1 N–H and O–H groups in total. The lowest BCUT2D eigenvalue weighted by Crippen LogP contribution is -2.25. The Hall–Kier alpha value is -4.06. The van der Waals surface area contributed by atoms with E-state index >= 15 is 0 Å². The maximum absolute atomic E-state index is 12.6. The number of benzene rings is 3. The molecule has 0 fully saturated rings. The summed E-state index contributed by atoms with van der Waals surface area (Å²) < 4.78 is 7.45. The number of hydrogen-bond donors (Lipinski definition) is 1. The minimum Gasteiger partial charge on any atom is -0.491 e. The molecule has 6 nitrogen and oxygen atoms in total. The summed E-state index contributed by atoms with van der Waals surface area (Å²) >= 11 is 0. The molecule has 6 heteroatoms. The van der Waals surface area contributed by atoms with E-state index in [0.29, 0.717) is 28.0 Å². The minimum atomic E-state index is -1.11. The van der Waals surface area contributed by atoms with E-state index in [-0.39, 0.29) is 23.1 Å². The third kappa shape index (κ3) is 5.10. The van der Waals surface area contributed by atoms with Crippen LogP contribution in [0.1, 0.15) is 57.6 Å². The maximum Gasteiger partial charge on any atom is 0.355 e. The highest BCUT2D eigenvalue weighted by Crippen LogP contribution is 2.39. The molecule has 4 rings (SSSR count). The lowest BCUT2D eigenvalue weighted by molar-refractivity contribution is -0.116. The van der Waals surface area contributed by atoms with E-state index in [4.69, 9.17) is 4.74 Å². The van der Waals surface area contributed by atoms with Crippen molar-refractivity contribution in [2.75, 3.05) is 11.9 Å². The Morgan fingerprint density at radius 3 is 2.03 bits per heavy atom. The largest absolute Gasteiger partial charge is 0.491 e. The summed E-state index contributed by atoms with van der Waals surface area (Å²) in [5, 5.41) is 11.0. The van der Waals surface area contributed by atoms with Crippen LogP contribution in [0.25, 0.3) is 27.7 Å². The number of carboxylic acids is 1. The third-order valence-electron chi connectivity index (χ3n) is 6.50. The van der Waals surface area contributed by atoms with Gasteiger partial charge in [-0.1, -0.05) is 51.1 Å². The van der Waals surface area contributed by atoms with Crippen molar-refractivity contribution in [2.45, 2.75) is 53.1 Å². The Labute approximate surface area is 218 Å². The van der Waals surface area contributed by atoms with Crippen LogP contribution in [-0.2, 0) is 10.2 Å². The summed E-state index contributed by atoms with van der Waals surface area (Å²) in [5.41, 5.74) is 5.02. The zero-order valence-electron chi connectivity index (χ0n) is 22.5. The number of aromatic nitrogens is 1. The summed E-state index contributed by atoms with van der Waals surface area (Å²) in [6.07, 6.45) is 0.0274. The standard InChI is InChI=1S/C31H34N2O4/c1-19(2)37-25-15-13-24(14-16-25)33-27-17-10-22(21-8-11-23(12-9-21)31(4,5)6)18-26(27)28(29(33)30(35)36)32(7)20(3)34/h8-19H,1-7H3,(H,35,36). The van der Waals surface area contributed by atoms with Crippen LogP contribution in [0.3, 0.4) is 0 Å². The smallest absolute Gasteiger partial charge is 0.355 e. The molecule has 0 unspecified atom stereocenters. The quantitative estimate of drug-likeness (QED) is 0.309. The number of hydrogen-bond acceptors (Lipinski definition) is 3. The maximum atomic E-state index is 12.6. The fourth-order valence-corrected chi connectivity index (χ4v) is 4.52. The number of anilines is 1. The SMILES string of the molecule is CC(=O)N(C)c1c(C(=O)O)n(-c2ccc(OC(C)C)cc2)c2ccc(-c3ccc(C(C)(C)C)cc3)cc12. The molecular weight excluding hydrogens is 464 g/mol. The molecule has 0 aliphatic heterocycles. The Balaban J connectivity index is 1.95. The molecule has 37 heavy (non-hydrogen) atoms. The number of carbonyl (C=O) groups is 2. The predicted molar refractivity (Wildman–Crippen MR) is 149 cm³/mol. The number of ether oxygens (including phenoxy) is 1. The van der Waals surface area contributed by atoms with E-state index in [2.05, 4.69) is 45.0 Å². The van der Waals surface area contributed by atoms with Gasteiger partial charge >= 0.3 is 5.97 Å². The molecule has 0 atom stereocenters. The van der Waals surface area contributed by atoms with Crippen molar-refractivity contribution in [3.05, 3.63) is 78.0 Å². The van der Waals surface area contributed by atoms with Crippen molar-refractivity contribution in [3.63, 3.8) is 0 Å². The summed E-state index contributed by atoms with van der Waals surface area (Å²) in [6, 6.07) is 21.6. The highest BCUT2D eigenvalue weighted by atomic mass is 16.5. The van der Waals surface area contributed by atoms with Crippen molar-refractivity contribution in [2.24, 2.45) is 0 Å². The molecule has 0 saturated heterocycles. The van der Waals surface area contributed by atoms with Crippen LogP contribution in [0.4, 0.5) is 5.69 Å². The first-order valence-electron chi connectivity index (χ1n) is 12.4. The van der Waals surface area contributed by atoms with Crippen molar-refractivity contribution in [1.29, 1.82) is 0 Å². The lowest BCUT2D eigenvalue weighted by atomic mass is 9.86. The molecule has 0 radical (unpaired) electrons. The second-order valence-electron chi connectivity index (χ2n) is 10.6. The Morgan fingerprint density at radius 1 is 0.919 bits per heavy atom. The molecule has 1 amide bonds. The summed E-state index contributed by atoms with van der Waals surface area (Å²) in [7, 11) is 1.61. The van der Waals surface area contributed by atoms with Crippen molar-refractivity contribution >= 4 is 28.5 Å². The molecule has 0 bridgehead atoms. The monoisotopic (exact) mass is 498 g/mol. The lowest BCUT2D eigenvalue weighted by Gasteiger charge is -2.19. The number of rotatable bonds is 6. The molecule has 0 aliphatic carbocycles. The average molecular weight is 499 g/mol. The number of nitrogens with zero attached hydrogens (tertiary/aromatic N) is 2. The van der Waals surface area contributed by atoms with Gasteiger partial charge < -0.3 is 19.3 Å². The number of amides is 1. The van der Waals surface area contributed by atoms with Gasteiger partial charge in [-0.2, -0.15) is 0 Å². The molecule has 0 saturated carbocycles. The zero-order valence-corrected chi connectivity index (χ0v) is 22.5. The van der Waals surface area contributed by atoms with Gasteiger partial charge in [0.05, 0.1) is 17.3 Å². The number of carboxylic acid groups (broad SMARTS) is 1. The molecule has 0 spiro atoms. The van der Waals surface area contributed by atoms with E-state index in [1.807, 2.05) is 56.3 Å². The van der Waals surface area contributed by atoms with Crippen LogP contribution in [0.2, 0.25) is 0 Å². The molecule has 1 aromatic heterocycles. The van der Waals surface area contributed by atoms with Crippen molar-refractivity contribution in [1.82, 2.24) is 4.57 Å². The van der Waals surface area contributed by atoms with E-state index in [0.717, 1.165) is 11.1 Å². The van der Waals surface area contributed by atoms with Crippen LogP contribution >= 0.6 is 0 Å². The Morgan fingerprint density at radius 2 is 1.51 bits per heavy atom. The Bertz CT molecular complexity index is 1460. The predicted octanol–water partition coefficient (Wildman–Crippen LogP) is 7.06. The van der Waals surface area contributed by atoms with Gasteiger partial charge in [0.2, 0.25) is 5.91 Å². The van der Waals surface area contributed by atoms with Gasteiger partial charge in [-0.05, 0) is 72.4 Å². The van der Waals surface area contributed by atoms with E-state index in [1.165, 1.54) is 17.4 Å². The molecule has 3 aromatic carbocycles. The summed E-state index contributed by atoms with van der Waals surface area (Å²) in [6.45, 7) is 11.9. The first kappa shape index (κ1) is 26.0. The minimum absolute atomic E-state index is 0.0274. The second-order valence-corrected chi connectivity index (χ2v) is 10.6. The summed E-state index contributed by atoms with van der Waals surface area (Å²) in [5.74, 6) is -0.658. The third-order valence-corrected chi connectivity index (χ3v) is 6.50. The van der Waals surface area contributed by atoms with E-state index in [9.17, 15) is 14.7 Å². The Kier molecular flexibility index (Phi) is 6.87. The molecule has 1 heterocycles. The zero-order chi connectivity index (χ0) is 27.1. The van der Waals surface area contributed by atoms with Gasteiger partial charge in [0.1, 0.15) is 5.75 Å². The average Bonchev–Trinajstić information content (AvgIpc) is 3.18. The van der Waals surface area contributed by atoms with Crippen molar-refractivity contribution in [3.8, 4) is 22.6 Å². The summed E-state index contributed by atoms with van der Waals surface area (Å²) in [4.78, 5) is 26.5. The van der Waals surface area contributed by atoms with Gasteiger partial charge in [0.25, 0.3) is 0 Å². The number of aromatic carboxylic acids is 1. The molecule has 4 aromatic rings. The van der Waals surface area contributed by atoms with Gasteiger partial charge in [0.15, 0.2) is 5.69 Å². The fourth-order valence-electron chi connectivity index (χ4n) is 4.52. The van der Waals surface area contributed by atoms with Gasteiger partial charge in [0, 0.05) is 25.0 Å². The first-order valence-corrected chi connectivity index (χ1v) is 12.4. The number of carbonyl (C=O) groups excluding carboxylic acids is 1. The molecular formula is C31H34N2O4. The highest BCUT2D eigenvalue weighted by Gasteiger charge is 2.28. The molecule has 192 valence electrons. The highest BCUT2D eigenvalue weighted by molar-refractivity contribution is 6.13. The van der Waals surface area contributed by atoms with Gasteiger partial charge in [-0.15, -0.1) is 0 Å².